The van der Waals surface area contributed by atoms with Crippen LogP contribution in [0, 0.1) is 11.8 Å². The quantitative estimate of drug-likeness (QED) is 0.571. The monoisotopic (exact) mass is 238 g/mol. The van der Waals surface area contributed by atoms with Crippen LogP contribution in [0.1, 0.15) is 32.1 Å². The first kappa shape index (κ1) is 14.0. The maximum atomic E-state index is 11.5. The molecule has 0 amide bonds. The first-order valence-electron chi connectivity index (χ1n) is 6.24. The van der Waals surface area contributed by atoms with Crippen molar-refractivity contribution in [2.75, 3.05) is 6.61 Å². The zero-order chi connectivity index (χ0) is 12.7. The summed E-state index contributed by atoms with van der Waals surface area (Å²) in [5, 5.41) is 9.94. The summed E-state index contributed by atoms with van der Waals surface area (Å²) < 4.78 is 4.99. The van der Waals surface area contributed by atoms with Gasteiger partial charge in [0.05, 0.1) is 6.10 Å². The van der Waals surface area contributed by atoms with E-state index >= 15 is 0 Å². The van der Waals surface area contributed by atoms with Crippen molar-refractivity contribution in [1.29, 1.82) is 0 Å². The summed E-state index contributed by atoms with van der Waals surface area (Å²) in [6.07, 6.45) is 7.03. The smallest absolute Gasteiger partial charge is 0.306 e. The molecule has 0 aromatic rings. The van der Waals surface area contributed by atoms with Gasteiger partial charge in [0.1, 0.15) is 6.61 Å². The van der Waals surface area contributed by atoms with E-state index in [2.05, 4.69) is 13.2 Å². The fourth-order valence-corrected chi connectivity index (χ4v) is 2.55. The topological polar surface area (TPSA) is 46.5 Å². The number of carbonyl (C=O) groups excluding carboxylic acids is 1. The van der Waals surface area contributed by atoms with E-state index < -0.39 is 0 Å². The van der Waals surface area contributed by atoms with Gasteiger partial charge < -0.3 is 9.84 Å². The highest BCUT2D eigenvalue weighted by atomic mass is 16.5. The van der Waals surface area contributed by atoms with Crippen LogP contribution in [0.25, 0.3) is 0 Å². The number of rotatable bonds is 6. The van der Waals surface area contributed by atoms with Gasteiger partial charge in [-0.3, -0.25) is 4.79 Å². The minimum absolute atomic E-state index is 0.150. The molecule has 0 heterocycles. The van der Waals surface area contributed by atoms with Gasteiger partial charge in [0.2, 0.25) is 0 Å². The van der Waals surface area contributed by atoms with Crippen molar-refractivity contribution in [2.24, 2.45) is 11.8 Å². The molecule has 0 bridgehead atoms. The Morgan fingerprint density at radius 3 is 2.76 bits per heavy atom. The average Bonchev–Trinajstić information content (AvgIpc) is 2.31. The molecule has 0 aromatic carbocycles. The molecular weight excluding hydrogens is 216 g/mol. The number of aliphatic hydroxyl groups is 1. The van der Waals surface area contributed by atoms with Crippen molar-refractivity contribution in [1.82, 2.24) is 0 Å². The second kappa shape index (κ2) is 7.28. The summed E-state index contributed by atoms with van der Waals surface area (Å²) in [5.41, 5.74) is 0. The summed E-state index contributed by atoms with van der Waals surface area (Å²) in [5.74, 6) is 0.171. The predicted octanol–water partition coefficient (Wildman–Crippen LogP) is 2.46. The van der Waals surface area contributed by atoms with Gasteiger partial charge in [-0.25, -0.2) is 0 Å². The molecule has 0 aliphatic heterocycles. The van der Waals surface area contributed by atoms with E-state index in [1.54, 1.807) is 6.08 Å². The maximum Gasteiger partial charge on any atom is 0.306 e. The maximum absolute atomic E-state index is 11.5. The van der Waals surface area contributed by atoms with Crippen LogP contribution in [0.5, 0.6) is 0 Å². The SMILES string of the molecule is C=CCOC(=O)CC1CCCC(O)C1CC=C. The zero-order valence-corrected chi connectivity index (χ0v) is 10.3. The molecule has 96 valence electrons. The van der Waals surface area contributed by atoms with E-state index in [-0.39, 0.29) is 30.5 Å². The Labute approximate surface area is 103 Å². The first-order valence-corrected chi connectivity index (χ1v) is 6.24. The molecular formula is C14H22O3. The third-order valence-corrected chi connectivity index (χ3v) is 3.40. The minimum atomic E-state index is -0.307. The standard InChI is InChI=1S/C14H22O3/c1-3-6-12-11(7-5-8-13(12)15)10-14(16)17-9-4-2/h3-4,11-13,15H,1-2,5-10H2. The number of allylic oxidation sites excluding steroid dienone is 1. The van der Waals surface area contributed by atoms with Crippen molar-refractivity contribution in [3.8, 4) is 0 Å². The van der Waals surface area contributed by atoms with Crippen molar-refractivity contribution < 1.29 is 14.6 Å². The Kier molecular flexibility index (Phi) is 5.98. The summed E-state index contributed by atoms with van der Waals surface area (Å²) in [6.45, 7) is 7.48. The predicted molar refractivity (Wildman–Crippen MR) is 67.4 cm³/mol. The highest BCUT2D eigenvalue weighted by Gasteiger charge is 2.32. The lowest BCUT2D eigenvalue weighted by molar-refractivity contribution is -0.144. The lowest BCUT2D eigenvalue weighted by atomic mass is 9.74. The fraction of sp³-hybridized carbons (Fsp3) is 0.643. The molecule has 3 unspecified atom stereocenters. The molecule has 1 aliphatic rings. The molecule has 3 atom stereocenters. The van der Waals surface area contributed by atoms with E-state index in [0.29, 0.717) is 6.42 Å². The van der Waals surface area contributed by atoms with Crippen LogP contribution in [-0.4, -0.2) is 23.8 Å². The van der Waals surface area contributed by atoms with Gasteiger partial charge in [0, 0.05) is 6.42 Å². The van der Waals surface area contributed by atoms with Crippen molar-refractivity contribution >= 4 is 5.97 Å². The Hall–Kier alpha value is -1.09. The second-order valence-electron chi connectivity index (χ2n) is 4.62. The number of carbonyl (C=O) groups is 1. The van der Waals surface area contributed by atoms with Crippen molar-refractivity contribution in [3.63, 3.8) is 0 Å². The van der Waals surface area contributed by atoms with Crippen molar-refractivity contribution in [2.45, 2.75) is 38.2 Å². The lowest BCUT2D eigenvalue weighted by Crippen LogP contribution is -2.33. The number of hydrogen-bond acceptors (Lipinski definition) is 3. The molecule has 1 aliphatic carbocycles. The van der Waals surface area contributed by atoms with E-state index in [1.807, 2.05) is 6.08 Å². The Balaban J connectivity index is 2.50. The zero-order valence-electron chi connectivity index (χ0n) is 10.3. The summed E-state index contributed by atoms with van der Waals surface area (Å²) in [7, 11) is 0. The van der Waals surface area contributed by atoms with Gasteiger partial charge in [0.25, 0.3) is 0 Å². The molecule has 1 saturated carbocycles. The molecule has 3 nitrogen and oxygen atoms in total. The van der Waals surface area contributed by atoms with Crippen LogP contribution in [0.3, 0.4) is 0 Å². The van der Waals surface area contributed by atoms with Gasteiger partial charge in [-0.1, -0.05) is 25.2 Å². The molecule has 3 heteroatoms. The molecule has 17 heavy (non-hydrogen) atoms. The third kappa shape index (κ3) is 4.35. The summed E-state index contributed by atoms with van der Waals surface area (Å²) >= 11 is 0. The normalized spacial score (nSPS) is 28.4. The van der Waals surface area contributed by atoms with Crippen LogP contribution >= 0.6 is 0 Å². The summed E-state index contributed by atoms with van der Waals surface area (Å²) in [4.78, 5) is 11.5. The van der Waals surface area contributed by atoms with Crippen LogP contribution in [0.4, 0.5) is 0 Å². The van der Waals surface area contributed by atoms with Crippen LogP contribution in [-0.2, 0) is 9.53 Å². The second-order valence-corrected chi connectivity index (χ2v) is 4.62. The Morgan fingerprint density at radius 2 is 2.12 bits per heavy atom. The van der Waals surface area contributed by atoms with Crippen LogP contribution in [0.15, 0.2) is 25.3 Å². The van der Waals surface area contributed by atoms with Gasteiger partial charge in [-0.15, -0.1) is 6.58 Å². The molecule has 0 saturated heterocycles. The molecule has 0 radical (unpaired) electrons. The van der Waals surface area contributed by atoms with E-state index in [4.69, 9.17) is 4.74 Å². The number of ether oxygens (including phenoxy) is 1. The molecule has 0 spiro atoms. The van der Waals surface area contributed by atoms with Gasteiger partial charge >= 0.3 is 5.97 Å². The largest absolute Gasteiger partial charge is 0.461 e. The lowest BCUT2D eigenvalue weighted by Gasteiger charge is -2.34. The van der Waals surface area contributed by atoms with Crippen LogP contribution < -0.4 is 0 Å². The van der Waals surface area contributed by atoms with Gasteiger partial charge in [-0.2, -0.15) is 0 Å². The molecule has 1 fully saturated rings. The Morgan fingerprint density at radius 1 is 1.35 bits per heavy atom. The fourth-order valence-electron chi connectivity index (χ4n) is 2.55. The van der Waals surface area contributed by atoms with E-state index in [1.165, 1.54) is 0 Å². The molecule has 0 aromatic heterocycles. The van der Waals surface area contributed by atoms with Crippen LogP contribution in [0.2, 0.25) is 0 Å². The highest BCUT2D eigenvalue weighted by Crippen LogP contribution is 2.35. The number of aliphatic hydroxyl groups excluding tert-OH is 1. The number of esters is 1. The van der Waals surface area contributed by atoms with Gasteiger partial charge in [0.15, 0.2) is 0 Å². The minimum Gasteiger partial charge on any atom is -0.461 e. The van der Waals surface area contributed by atoms with Gasteiger partial charge in [-0.05, 0) is 31.1 Å². The Bertz CT molecular complexity index is 273. The third-order valence-electron chi connectivity index (χ3n) is 3.40. The van der Waals surface area contributed by atoms with E-state index in [0.717, 1.165) is 25.7 Å². The molecule has 1 N–H and O–H groups in total. The first-order chi connectivity index (χ1) is 8.19. The number of hydrogen-bond donors (Lipinski definition) is 1. The summed E-state index contributed by atoms with van der Waals surface area (Å²) in [6, 6.07) is 0. The average molecular weight is 238 g/mol. The van der Waals surface area contributed by atoms with E-state index in [9.17, 15) is 9.90 Å². The van der Waals surface area contributed by atoms with Crippen molar-refractivity contribution in [3.05, 3.63) is 25.3 Å². The highest BCUT2D eigenvalue weighted by molar-refractivity contribution is 5.69. The molecule has 1 rings (SSSR count).